The molecule has 7 heteroatoms. The van der Waals surface area contributed by atoms with E-state index in [0.29, 0.717) is 22.8 Å². The Balaban J connectivity index is 2.07. The van der Waals surface area contributed by atoms with Crippen molar-refractivity contribution < 1.29 is 0 Å². The van der Waals surface area contributed by atoms with Crippen LogP contribution in [0.3, 0.4) is 0 Å². The quantitative estimate of drug-likeness (QED) is 0.677. The van der Waals surface area contributed by atoms with Crippen molar-refractivity contribution in [2.45, 2.75) is 13.8 Å². The van der Waals surface area contributed by atoms with Crippen molar-refractivity contribution in [2.75, 3.05) is 0 Å². The summed E-state index contributed by atoms with van der Waals surface area (Å²) in [5.74, 6) is 0. The maximum Gasteiger partial charge on any atom is 0.223 e. The highest BCUT2D eigenvalue weighted by Crippen LogP contribution is 2.22. The van der Waals surface area contributed by atoms with Crippen LogP contribution in [0.1, 0.15) is 11.4 Å². The summed E-state index contributed by atoms with van der Waals surface area (Å²) in [5, 5.41) is 0.132. The average Bonchev–Trinajstić information content (AvgIpc) is 2.48. The van der Waals surface area contributed by atoms with Crippen molar-refractivity contribution in [2.24, 2.45) is 0 Å². The smallest absolute Gasteiger partial charge is 0.223 e. The van der Waals surface area contributed by atoms with Gasteiger partial charge in [-0.15, -0.1) is 0 Å². The van der Waals surface area contributed by atoms with Crippen LogP contribution in [0.25, 0.3) is 22.8 Å². The fraction of sp³-hybridized carbons (Fsp3) is 0.143. The largest absolute Gasteiger partial charge is 0.258 e. The Morgan fingerprint density at radius 1 is 0.667 bits per heavy atom. The minimum absolute atomic E-state index is 0.132. The molecule has 3 rings (SSSR count). The summed E-state index contributed by atoms with van der Waals surface area (Å²) in [6.07, 6.45) is 6.66. The predicted molar refractivity (Wildman–Crippen MR) is 78.6 cm³/mol. The Morgan fingerprint density at radius 3 is 1.52 bits per heavy atom. The Hall–Kier alpha value is -2.47. The second-order valence-corrected chi connectivity index (χ2v) is 4.83. The molecule has 0 saturated heterocycles. The highest BCUT2D eigenvalue weighted by molar-refractivity contribution is 6.28. The van der Waals surface area contributed by atoms with E-state index < -0.39 is 0 Å². The van der Waals surface area contributed by atoms with Gasteiger partial charge < -0.3 is 0 Å². The summed E-state index contributed by atoms with van der Waals surface area (Å²) in [4.78, 5) is 25.4. The Labute approximate surface area is 126 Å². The van der Waals surface area contributed by atoms with Gasteiger partial charge in [0, 0.05) is 12.4 Å². The van der Waals surface area contributed by atoms with Crippen LogP contribution in [0.4, 0.5) is 0 Å². The maximum atomic E-state index is 5.99. The average molecular weight is 299 g/mol. The molecule has 0 spiro atoms. The van der Waals surface area contributed by atoms with Gasteiger partial charge in [0.05, 0.1) is 35.2 Å². The first-order valence-corrected chi connectivity index (χ1v) is 6.62. The molecule has 0 aliphatic rings. The van der Waals surface area contributed by atoms with E-state index in [2.05, 4.69) is 29.9 Å². The monoisotopic (exact) mass is 298 g/mol. The molecule has 0 fully saturated rings. The molecule has 6 nitrogen and oxygen atoms in total. The van der Waals surface area contributed by atoms with E-state index in [4.69, 9.17) is 11.6 Å². The van der Waals surface area contributed by atoms with Crippen molar-refractivity contribution >= 4 is 11.6 Å². The number of aryl methyl sites for hydroxylation is 2. The fourth-order valence-electron chi connectivity index (χ4n) is 1.73. The second-order valence-electron chi connectivity index (χ2n) is 4.49. The second kappa shape index (κ2) is 5.49. The van der Waals surface area contributed by atoms with Crippen LogP contribution in [-0.2, 0) is 0 Å². The minimum Gasteiger partial charge on any atom is -0.258 e. The summed E-state index contributed by atoms with van der Waals surface area (Å²) in [6, 6.07) is 1.77. The molecule has 0 N–H and O–H groups in total. The molecule has 21 heavy (non-hydrogen) atoms. The van der Waals surface area contributed by atoms with Gasteiger partial charge in [-0.1, -0.05) is 0 Å². The number of aromatic nitrogens is 6. The van der Waals surface area contributed by atoms with Crippen molar-refractivity contribution in [3.8, 4) is 22.8 Å². The molecule has 0 atom stereocenters. The van der Waals surface area contributed by atoms with Crippen LogP contribution < -0.4 is 0 Å². The third-order valence-electron chi connectivity index (χ3n) is 2.79. The molecule has 0 aliphatic carbocycles. The van der Waals surface area contributed by atoms with Crippen molar-refractivity contribution in [1.29, 1.82) is 0 Å². The third kappa shape index (κ3) is 3.00. The van der Waals surface area contributed by atoms with Gasteiger partial charge in [-0.25, -0.2) is 9.97 Å². The van der Waals surface area contributed by atoms with Gasteiger partial charge in [-0.2, -0.15) is 0 Å². The number of nitrogens with zero attached hydrogens (tertiary/aromatic N) is 6. The van der Waals surface area contributed by atoms with Gasteiger partial charge >= 0.3 is 0 Å². The summed E-state index contributed by atoms with van der Waals surface area (Å²) < 4.78 is 0. The molecule has 0 aromatic carbocycles. The molecule has 0 amide bonds. The third-order valence-corrected chi connectivity index (χ3v) is 2.95. The molecular formula is C14H11ClN6. The molecule has 0 bridgehead atoms. The van der Waals surface area contributed by atoms with E-state index in [9.17, 15) is 0 Å². The van der Waals surface area contributed by atoms with Crippen LogP contribution >= 0.6 is 11.6 Å². The van der Waals surface area contributed by atoms with E-state index in [1.807, 2.05) is 13.8 Å². The van der Waals surface area contributed by atoms with Gasteiger partial charge in [-0.3, -0.25) is 19.9 Å². The van der Waals surface area contributed by atoms with Crippen LogP contribution in [0.15, 0.2) is 30.9 Å². The Kier molecular flexibility index (Phi) is 3.53. The van der Waals surface area contributed by atoms with Crippen LogP contribution in [-0.4, -0.2) is 29.9 Å². The normalized spacial score (nSPS) is 10.6. The lowest BCUT2D eigenvalue weighted by molar-refractivity contribution is 1.08. The highest BCUT2D eigenvalue weighted by Gasteiger charge is 2.10. The Morgan fingerprint density at radius 2 is 1.14 bits per heavy atom. The number of rotatable bonds is 2. The van der Waals surface area contributed by atoms with Crippen LogP contribution in [0.2, 0.25) is 5.28 Å². The lowest BCUT2D eigenvalue weighted by atomic mass is 10.2. The molecule has 3 aromatic heterocycles. The van der Waals surface area contributed by atoms with Gasteiger partial charge in [0.15, 0.2) is 0 Å². The van der Waals surface area contributed by atoms with E-state index in [1.165, 1.54) is 0 Å². The zero-order chi connectivity index (χ0) is 14.8. The molecular weight excluding hydrogens is 288 g/mol. The molecule has 0 saturated carbocycles. The summed E-state index contributed by atoms with van der Waals surface area (Å²) in [7, 11) is 0. The maximum absolute atomic E-state index is 5.99. The van der Waals surface area contributed by atoms with Crippen LogP contribution in [0.5, 0.6) is 0 Å². The van der Waals surface area contributed by atoms with E-state index in [1.54, 1.807) is 30.9 Å². The number of hydrogen-bond acceptors (Lipinski definition) is 6. The summed E-state index contributed by atoms with van der Waals surface area (Å²) >= 11 is 5.99. The molecule has 3 aromatic rings. The molecule has 0 aliphatic heterocycles. The lowest BCUT2D eigenvalue weighted by Crippen LogP contribution is -1.96. The lowest BCUT2D eigenvalue weighted by Gasteiger charge is -2.04. The van der Waals surface area contributed by atoms with Crippen molar-refractivity contribution in [3.63, 3.8) is 0 Å². The number of halogens is 1. The van der Waals surface area contributed by atoms with Gasteiger partial charge in [0.2, 0.25) is 5.28 Å². The molecule has 3 heterocycles. The molecule has 104 valence electrons. The van der Waals surface area contributed by atoms with Gasteiger partial charge in [0.25, 0.3) is 0 Å². The highest BCUT2D eigenvalue weighted by atomic mass is 35.5. The number of hydrogen-bond donors (Lipinski definition) is 0. The Bertz CT molecular complexity index is 707. The van der Waals surface area contributed by atoms with Crippen molar-refractivity contribution in [1.82, 2.24) is 29.9 Å². The van der Waals surface area contributed by atoms with E-state index in [-0.39, 0.29) is 5.28 Å². The topological polar surface area (TPSA) is 77.3 Å². The van der Waals surface area contributed by atoms with Crippen molar-refractivity contribution in [3.05, 3.63) is 47.5 Å². The molecule has 0 radical (unpaired) electrons. The minimum atomic E-state index is 0.132. The summed E-state index contributed by atoms with van der Waals surface area (Å²) in [6.45, 7) is 3.74. The zero-order valence-electron chi connectivity index (χ0n) is 11.4. The molecule has 0 unspecified atom stereocenters. The predicted octanol–water partition coefficient (Wildman–Crippen LogP) is 2.66. The summed E-state index contributed by atoms with van der Waals surface area (Å²) in [5.41, 5.74) is 4.13. The van der Waals surface area contributed by atoms with Gasteiger partial charge in [-0.05, 0) is 31.5 Å². The van der Waals surface area contributed by atoms with Crippen LogP contribution in [0, 0.1) is 13.8 Å². The SMILES string of the molecule is Cc1cnc(-c2cc(-c3cnc(C)cn3)nc(Cl)n2)cn1. The van der Waals surface area contributed by atoms with Gasteiger partial charge in [0.1, 0.15) is 11.4 Å². The van der Waals surface area contributed by atoms with E-state index in [0.717, 1.165) is 11.4 Å². The standard InChI is InChI=1S/C14H11ClN6/c1-8-4-18-12(6-16-8)10-3-11(21-14(15)20-10)13-7-17-9(2)5-19-13/h3-7H,1-2H3. The zero-order valence-corrected chi connectivity index (χ0v) is 12.2. The van der Waals surface area contributed by atoms with E-state index >= 15 is 0 Å². The first-order chi connectivity index (χ1) is 10.1. The fourth-order valence-corrected chi connectivity index (χ4v) is 1.91. The first-order valence-electron chi connectivity index (χ1n) is 6.24. The first kappa shape index (κ1) is 13.5.